The van der Waals surface area contributed by atoms with Crippen LogP contribution in [0, 0.1) is 5.41 Å². The predicted octanol–water partition coefficient (Wildman–Crippen LogP) is 0.868. The van der Waals surface area contributed by atoms with Crippen molar-refractivity contribution in [3.05, 3.63) is 24.2 Å². The number of ether oxygens (including phenoxy) is 1. The molecular weight excluding hydrogens is 246 g/mol. The Labute approximate surface area is 111 Å². The van der Waals surface area contributed by atoms with E-state index in [1.165, 1.54) is 0 Å². The van der Waals surface area contributed by atoms with Crippen molar-refractivity contribution in [1.29, 1.82) is 0 Å². The van der Waals surface area contributed by atoms with Crippen LogP contribution in [-0.2, 0) is 16.0 Å². The lowest BCUT2D eigenvalue weighted by molar-refractivity contribution is -0.155. The minimum atomic E-state index is -0.310. The van der Waals surface area contributed by atoms with Crippen molar-refractivity contribution >= 4 is 5.91 Å². The van der Waals surface area contributed by atoms with Crippen LogP contribution in [-0.4, -0.2) is 36.4 Å². The van der Waals surface area contributed by atoms with Gasteiger partial charge in [0.1, 0.15) is 0 Å². The lowest BCUT2D eigenvalue weighted by Gasteiger charge is -2.55. The van der Waals surface area contributed by atoms with Crippen molar-refractivity contribution in [2.75, 3.05) is 13.2 Å². The van der Waals surface area contributed by atoms with Gasteiger partial charge in [0.15, 0.2) is 0 Å². The van der Waals surface area contributed by atoms with Gasteiger partial charge in [-0.3, -0.25) is 4.79 Å². The summed E-state index contributed by atoms with van der Waals surface area (Å²) in [5.74, 6) is -0.0100. The van der Waals surface area contributed by atoms with Crippen LogP contribution in [0.2, 0.25) is 0 Å². The minimum Gasteiger partial charge on any atom is -0.472 e. The molecule has 19 heavy (non-hydrogen) atoms. The van der Waals surface area contributed by atoms with Gasteiger partial charge in [-0.05, 0) is 30.9 Å². The van der Waals surface area contributed by atoms with Crippen LogP contribution in [0.4, 0.5) is 0 Å². The van der Waals surface area contributed by atoms with E-state index in [-0.39, 0.29) is 23.5 Å². The molecule has 1 aromatic rings. The normalized spacial score (nSPS) is 28.9. The van der Waals surface area contributed by atoms with Crippen LogP contribution in [0.25, 0.3) is 0 Å². The Morgan fingerprint density at radius 1 is 1.47 bits per heavy atom. The number of aliphatic hydroxyl groups is 1. The lowest BCUT2D eigenvalue weighted by atomic mass is 9.58. The topological polar surface area (TPSA) is 71.7 Å². The largest absolute Gasteiger partial charge is 0.472 e. The number of nitrogens with one attached hydrogen (secondary N) is 1. The summed E-state index contributed by atoms with van der Waals surface area (Å²) in [7, 11) is 0. The van der Waals surface area contributed by atoms with Gasteiger partial charge < -0.3 is 19.6 Å². The first-order chi connectivity index (χ1) is 9.21. The van der Waals surface area contributed by atoms with Crippen LogP contribution in [0.15, 0.2) is 23.0 Å². The van der Waals surface area contributed by atoms with Crippen LogP contribution >= 0.6 is 0 Å². The van der Waals surface area contributed by atoms with Crippen molar-refractivity contribution in [2.45, 2.75) is 37.8 Å². The van der Waals surface area contributed by atoms with Gasteiger partial charge in [0.05, 0.1) is 25.1 Å². The van der Waals surface area contributed by atoms with Gasteiger partial charge in [-0.1, -0.05) is 0 Å². The molecule has 1 aliphatic carbocycles. The van der Waals surface area contributed by atoms with Gasteiger partial charge in [-0.2, -0.15) is 0 Å². The first kappa shape index (κ1) is 12.7. The fraction of sp³-hybridized carbons (Fsp3) is 0.643. The predicted molar refractivity (Wildman–Crippen MR) is 67.5 cm³/mol. The van der Waals surface area contributed by atoms with E-state index in [1.54, 1.807) is 18.6 Å². The molecule has 1 saturated heterocycles. The van der Waals surface area contributed by atoms with E-state index in [4.69, 9.17) is 9.15 Å². The third-order valence-electron chi connectivity index (χ3n) is 4.52. The number of amides is 1. The Hall–Kier alpha value is -1.33. The maximum atomic E-state index is 12.0. The molecular formula is C14H19NO4. The summed E-state index contributed by atoms with van der Waals surface area (Å²) in [6.07, 6.45) is 5.47. The number of aliphatic hydroxyl groups excluding tert-OH is 1. The van der Waals surface area contributed by atoms with E-state index in [1.807, 2.05) is 0 Å². The molecule has 1 aliphatic heterocycles. The Bertz CT molecular complexity index is 436. The van der Waals surface area contributed by atoms with Crippen molar-refractivity contribution < 1.29 is 19.1 Å². The van der Waals surface area contributed by atoms with Crippen LogP contribution in [0.1, 0.15) is 24.8 Å². The first-order valence-electron chi connectivity index (χ1n) is 6.77. The molecule has 2 fully saturated rings. The summed E-state index contributed by atoms with van der Waals surface area (Å²) in [6.45, 7) is 1.34. The molecule has 104 valence electrons. The second-order valence-corrected chi connectivity index (χ2v) is 5.53. The van der Waals surface area contributed by atoms with Crippen LogP contribution < -0.4 is 5.32 Å². The van der Waals surface area contributed by atoms with E-state index < -0.39 is 0 Å². The van der Waals surface area contributed by atoms with Gasteiger partial charge in [0.25, 0.3) is 0 Å². The van der Waals surface area contributed by atoms with E-state index in [9.17, 15) is 9.90 Å². The molecule has 0 radical (unpaired) electrons. The number of carbonyl (C=O) groups excluding carboxylic acids is 1. The summed E-state index contributed by atoms with van der Waals surface area (Å²) in [5, 5.41) is 13.1. The van der Waals surface area contributed by atoms with Crippen LogP contribution in [0.5, 0.6) is 0 Å². The molecule has 3 rings (SSSR count). The second-order valence-electron chi connectivity index (χ2n) is 5.53. The molecule has 0 bridgehead atoms. The first-order valence-corrected chi connectivity index (χ1v) is 6.77. The molecule has 1 saturated carbocycles. The highest BCUT2D eigenvalue weighted by molar-refractivity contribution is 5.79. The number of hydrogen-bond acceptors (Lipinski definition) is 4. The quantitative estimate of drug-likeness (QED) is 0.850. The Balaban J connectivity index is 1.59. The molecule has 5 nitrogen and oxygen atoms in total. The molecule has 2 heterocycles. The third-order valence-corrected chi connectivity index (χ3v) is 4.52. The molecule has 1 spiro atoms. The number of hydrogen-bond donors (Lipinski definition) is 2. The average molecular weight is 265 g/mol. The van der Waals surface area contributed by atoms with Crippen molar-refractivity contribution in [3.8, 4) is 0 Å². The summed E-state index contributed by atoms with van der Waals surface area (Å²) in [5.41, 5.74) is 0.711. The Morgan fingerprint density at radius 3 is 2.89 bits per heavy atom. The van der Waals surface area contributed by atoms with E-state index >= 15 is 0 Å². The molecule has 0 unspecified atom stereocenters. The van der Waals surface area contributed by atoms with Crippen LogP contribution in [0.3, 0.4) is 0 Å². The molecule has 1 amide bonds. The van der Waals surface area contributed by atoms with E-state index in [0.29, 0.717) is 26.1 Å². The van der Waals surface area contributed by atoms with Gasteiger partial charge >= 0.3 is 0 Å². The molecule has 0 aromatic carbocycles. The zero-order chi connectivity index (χ0) is 13.3. The summed E-state index contributed by atoms with van der Waals surface area (Å²) < 4.78 is 10.3. The maximum Gasteiger partial charge on any atom is 0.224 e. The standard InChI is InChI=1S/C14H19NO4/c16-12-8-11(14(12)2-5-18-6-3-14)15-13(17)7-10-1-4-19-9-10/h1,4,9,11-12,16H,2-3,5-8H2,(H,15,17)/t11-,12-/m1/s1. The molecule has 1 aromatic heterocycles. The summed E-state index contributed by atoms with van der Waals surface area (Å²) >= 11 is 0. The van der Waals surface area contributed by atoms with E-state index in [0.717, 1.165) is 18.4 Å². The van der Waals surface area contributed by atoms with Gasteiger partial charge in [0, 0.05) is 24.7 Å². The number of furan rings is 1. The zero-order valence-electron chi connectivity index (χ0n) is 10.8. The highest BCUT2D eigenvalue weighted by Gasteiger charge is 2.55. The maximum absolute atomic E-state index is 12.0. The molecule has 5 heteroatoms. The highest BCUT2D eigenvalue weighted by Crippen LogP contribution is 2.48. The van der Waals surface area contributed by atoms with Gasteiger partial charge in [-0.15, -0.1) is 0 Å². The average Bonchev–Trinajstić information content (AvgIpc) is 2.92. The SMILES string of the molecule is O=C(Cc1ccoc1)N[C@@H]1C[C@@H](O)C12CCOCC2. The molecule has 2 atom stereocenters. The summed E-state index contributed by atoms with van der Waals surface area (Å²) in [4.78, 5) is 12.0. The molecule has 2 N–H and O–H groups in total. The number of carbonyl (C=O) groups is 1. The third kappa shape index (κ3) is 2.28. The lowest BCUT2D eigenvalue weighted by Crippen LogP contribution is -2.65. The van der Waals surface area contributed by atoms with Crippen molar-refractivity contribution in [1.82, 2.24) is 5.32 Å². The smallest absolute Gasteiger partial charge is 0.224 e. The fourth-order valence-corrected chi connectivity index (χ4v) is 3.22. The second kappa shape index (κ2) is 4.98. The number of rotatable bonds is 3. The highest BCUT2D eigenvalue weighted by atomic mass is 16.5. The van der Waals surface area contributed by atoms with Crippen molar-refractivity contribution in [3.63, 3.8) is 0 Å². The monoisotopic (exact) mass is 265 g/mol. The van der Waals surface area contributed by atoms with E-state index in [2.05, 4.69) is 5.32 Å². The fourth-order valence-electron chi connectivity index (χ4n) is 3.22. The Morgan fingerprint density at radius 2 is 2.26 bits per heavy atom. The van der Waals surface area contributed by atoms with Gasteiger partial charge in [0.2, 0.25) is 5.91 Å². The summed E-state index contributed by atoms with van der Waals surface area (Å²) in [6, 6.07) is 1.87. The van der Waals surface area contributed by atoms with Gasteiger partial charge in [-0.25, -0.2) is 0 Å². The Kier molecular flexibility index (Phi) is 3.33. The minimum absolute atomic E-state index is 0.0100. The zero-order valence-corrected chi connectivity index (χ0v) is 10.8. The van der Waals surface area contributed by atoms with Crippen molar-refractivity contribution in [2.24, 2.45) is 5.41 Å². The molecule has 2 aliphatic rings.